The van der Waals surface area contributed by atoms with E-state index in [4.69, 9.17) is 4.74 Å². The van der Waals surface area contributed by atoms with E-state index in [1.54, 1.807) is 40.3 Å². The number of rotatable bonds is 6. The molecule has 1 saturated heterocycles. The van der Waals surface area contributed by atoms with Crippen molar-refractivity contribution < 1.29 is 14.3 Å². The molecule has 164 valence electrons. The molecule has 2 aromatic carbocycles. The van der Waals surface area contributed by atoms with Crippen LogP contribution in [0.1, 0.15) is 16.8 Å². The molecule has 0 spiro atoms. The summed E-state index contributed by atoms with van der Waals surface area (Å²) in [6.07, 6.45) is 6.84. The standard InChI is InChI=1S/C25H21N5O3/c31-24-14-19(28-25(32)18-6-11-23(27-15-18)29-13-12-26-17-29)16-30(24)20-7-9-22(10-8-20)33-21-4-2-1-3-5-21/h1-13,15,17,19H,14,16H2,(H,28,32)/t19-/m1/s1. The number of nitrogens with zero attached hydrogens (tertiary/aromatic N) is 4. The molecule has 1 atom stereocenters. The number of aromatic nitrogens is 3. The Morgan fingerprint density at radius 2 is 1.79 bits per heavy atom. The van der Waals surface area contributed by atoms with Gasteiger partial charge >= 0.3 is 0 Å². The summed E-state index contributed by atoms with van der Waals surface area (Å²) in [5.41, 5.74) is 1.20. The molecule has 8 nitrogen and oxygen atoms in total. The summed E-state index contributed by atoms with van der Waals surface area (Å²) in [5, 5.41) is 2.94. The number of carbonyl (C=O) groups excluding carboxylic acids is 2. The summed E-state index contributed by atoms with van der Waals surface area (Å²) in [6, 6.07) is 20.0. The van der Waals surface area contributed by atoms with Crippen molar-refractivity contribution in [3.05, 3.63) is 97.2 Å². The fraction of sp³-hybridized carbons (Fsp3) is 0.120. The van der Waals surface area contributed by atoms with Gasteiger partial charge in [0.1, 0.15) is 23.6 Å². The monoisotopic (exact) mass is 439 g/mol. The van der Waals surface area contributed by atoms with Gasteiger partial charge in [0.2, 0.25) is 5.91 Å². The summed E-state index contributed by atoms with van der Waals surface area (Å²) in [7, 11) is 0. The first-order chi connectivity index (χ1) is 16.2. The summed E-state index contributed by atoms with van der Waals surface area (Å²) in [5.74, 6) is 1.81. The van der Waals surface area contributed by atoms with Gasteiger partial charge in [-0.2, -0.15) is 0 Å². The van der Waals surface area contributed by atoms with E-state index in [1.807, 2.05) is 54.6 Å². The van der Waals surface area contributed by atoms with Crippen LogP contribution in [-0.2, 0) is 4.79 Å². The lowest BCUT2D eigenvalue weighted by molar-refractivity contribution is -0.117. The summed E-state index contributed by atoms with van der Waals surface area (Å²) in [6.45, 7) is 0.407. The van der Waals surface area contributed by atoms with Gasteiger partial charge in [0.05, 0.1) is 11.6 Å². The third-order valence-electron chi connectivity index (χ3n) is 5.37. The summed E-state index contributed by atoms with van der Waals surface area (Å²) < 4.78 is 7.56. The van der Waals surface area contributed by atoms with Crippen molar-refractivity contribution in [1.29, 1.82) is 0 Å². The molecular weight excluding hydrogens is 418 g/mol. The van der Waals surface area contributed by atoms with Crippen LogP contribution in [-0.4, -0.2) is 38.9 Å². The van der Waals surface area contributed by atoms with E-state index in [2.05, 4.69) is 15.3 Å². The normalized spacial score (nSPS) is 15.5. The maximum atomic E-state index is 12.6. The van der Waals surface area contributed by atoms with Gasteiger partial charge in [-0.1, -0.05) is 18.2 Å². The van der Waals surface area contributed by atoms with Crippen LogP contribution >= 0.6 is 0 Å². The zero-order chi connectivity index (χ0) is 22.6. The largest absolute Gasteiger partial charge is 0.457 e. The minimum absolute atomic E-state index is 0.0365. The Morgan fingerprint density at radius 3 is 2.48 bits per heavy atom. The molecule has 0 unspecified atom stereocenters. The highest BCUT2D eigenvalue weighted by Gasteiger charge is 2.31. The van der Waals surface area contributed by atoms with E-state index in [0.29, 0.717) is 23.7 Å². The fourth-order valence-corrected chi connectivity index (χ4v) is 3.71. The Kier molecular flexibility index (Phi) is 5.55. The number of nitrogens with one attached hydrogen (secondary N) is 1. The third-order valence-corrected chi connectivity index (χ3v) is 5.37. The van der Waals surface area contributed by atoms with Crippen LogP contribution < -0.4 is 15.0 Å². The van der Waals surface area contributed by atoms with Gasteiger partial charge in [-0.15, -0.1) is 0 Å². The lowest BCUT2D eigenvalue weighted by Gasteiger charge is -2.18. The van der Waals surface area contributed by atoms with Crippen molar-refractivity contribution in [3.8, 4) is 17.3 Å². The number of benzene rings is 2. The van der Waals surface area contributed by atoms with E-state index in [1.165, 1.54) is 6.20 Å². The van der Waals surface area contributed by atoms with Gasteiger partial charge in [-0.25, -0.2) is 9.97 Å². The molecule has 0 bridgehead atoms. The smallest absolute Gasteiger partial charge is 0.253 e. The summed E-state index contributed by atoms with van der Waals surface area (Å²) >= 11 is 0. The van der Waals surface area contributed by atoms with Crippen LogP contribution in [0.5, 0.6) is 11.5 Å². The van der Waals surface area contributed by atoms with Crippen LogP contribution in [0.4, 0.5) is 5.69 Å². The number of hydrogen-bond acceptors (Lipinski definition) is 5. The number of carbonyl (C=O) groups is 2. The van der Waals surface area contributed by atoms with Crippen LogP contribution in [0.15, 0.2) is 91.6 Å². The molecule has 8 heteroatoms. The number of ether oxygens (including phenoxy) is 1. The predicted octanol–water partition coefficient (Wildman–Crippen LogP) is 3.59. The fourth-order valence-electron chi connectivity index (χ4n) is 3.71. The molecule has 4 aromatic rings. The molecule has 33 heavy (non-hydrogen) atoms. The quantitative estimate of drug-likeness (QED) is 0.496. The molecule has 1 N–H and O–H groups in total. The molecule has 1 fully saturated rings. The molecule has 3 heterocycles. The molecule has 0 aliphatic carbocycles. The van der Waals surface area contributed by atoms with Crippen LogP contribution in [0.2, 0.25) is 0 Å². The Hall–Kier alpha value is -4.46. The van der Waals surface area contributed by atoms with Crippen molar-refractivity contribution in [1.82, 2.24) is 19.9 Å². The van der Waals surface area contributed by atoms with Crippen molar-refractivity contribution in [2.24, 2.45) is 0 Å². The molecular formula is C25H21N5O3. The van der Waals surface area contributed by atoms with Crippen molar-refractivity contribution in [2.75, 3.05) is 11.4 Å². The van der Waals surface area contributed by atoms with Crippen molar-refractivity contribution in [3.63, 3.8) is 0 Å². The number of amides is 2. The molecule has 1 aliphatic rings. The second-order valence-corrected chi connectivity index (χ2v) is 7.66. The van der Waals surface area contributed by atoms with E-state index in [0.717, 1.165) is 11.4 Å². The van der Waals surface area contributed by atoms with Crippen LogP contribution in [0, 0.1) is 0 Å². The lowest BCUT2D eigenvalue weighted by atomic mass is 10.2. The topological polar surface area (TPSA) is 89.4 Å². The van der Waals surface area contributed by atoms with Gasteiger partial charge in [0.25, 0.3) is 5.91 Å². The molecule has 2 amide bonds. The first kappa shape index (κ1) is 20.4. The molecule has 1 aliphatic heterocycles. The lowest BCUT2D eigenvalue weighted by Crippen LogP contribution is -2.37. The van der Waals surface area contributed by atoms with Gasteiger partial charge in [-0.05, 0) is 48.5 Å². The van der Waals surface area contributed by atoms with E-state index in [-0.39, 0.29) is 24.3 Å². The zero-order valence-corrected chi connectivity index (χ0v) is 17.7. The predicted molar refractivity (Wildman–Crippen MR) is 123 cm³/mol. The number of para-hydroxylation sites is 1. The highest BCUT2D eigenvalue weighted by Crippen LogP contribution is 2.27. The highest BCUT2D eigenvalue weighted by atomic mass is 16.5. The number of hydrogen-bond donors (Lipinski definition) is 1. The van der Waals surface area contributed by atoms with Crippen LogP contribution in [0.25, 0.3) is 5.82 Å². The second kappa shape index (κ2) is 8.96. The first-order valence-corrected chi connectivity index (χ1v) is 10.5. The van der Waals surface area contributed by atoms with E-state index in [9.17, 15) is 9.59 Å². The highest BCUT2D eigenvalue weighted by molar-refractivity contribution is 5.98. The second-order valence-electron chi connectivity index (χ2n) is 7.66. The minimum atomic E-state index is -0.279. The first-order valence-electron chi connectivity index (χ1n) is 10.5. The minimum Gasteiger partial charge on any atom is -0.457 e. The number of imidazole rings is 1. The van der Waals surface area contributed by atoms with E-state index < -0.39 is 0 Å². The summed E-state index contributed by atoms with van der Waals surface area (Å²) in [4.78, 5) is 35.2. The maximum absolute atomic E-state index is 12.6. The van der Waals surface area contributed by atoms with Gasteiger partial charge in [-0.3, -0.25) is 14.2 Å². The molecule has 2 aromatic heterocycles. The van der Waals surface area contributed by atoms with Gasteiger partial charge in [0, 0.05) is 37.2 Å². The Balaban J connectivity index is 1.20. The Bertz CT molecular complexity index is 1240. The SMILES string of the molecule is O=C(N[C@@H]1CC(=O)N(c2ccc(Oc3ccccc3)cc2)C1)c1ccc(-n2ccnc2)nc1. The van der Waals surface area contributed by atoms with Crippen molar-refractivity contribution in [2.45, 2.75) is 12.5 Å². The Morgan fingerprint density at radius 1 is 1.00 bits per heavy atom. The van der Waals surface area contributed by atoms with Crippen LogP contribution in [0.3, 0.4) is 0 Å². The van der Waals surface area contributed by atoms with Crippen molar-refractivity contribution >= 4 is 17.5 Å². The van der Waals surface area contributed by atoms with Gasteiger partial charge < -0.3 is 15.0 Å². The average molecular weight is 439 g/mol. The molecule has 0 saturated carbocycles. The molecule has 5 rings (SSSR count). The Labute approximate surface area is 190 Å². The number of anilines is 1. The number of pyridine rings is 1. The van der Waals surface area contributed by atoms with E-state index >= 15 is 0 Å². The average Bonchev–Trinajstić information content (AvgIpc) is 3.51. The maximum Gasteiger partial charge on any atom is 0.253 e. The van der Waals surface area contributed by atoms with Gasteiger partial charge in [0.15, 0.2) is 0 Å². The molecule has 0 radical (unpaired) electrons. The zero-order valence-electron chi connectivity index (χ0n) is 17.7. The third kappa shape index (κ3) is 4.59.